The fourth-order valence-electron chi connectivity index (χ4n) is 4.28. The number of rotatable bonds is 8. The number of amides is 2. The second-order valence-electron chi connectivity index (χ2n) is 8.45. The Morgan fingerprint density at radius 2 is 2.00 bits per heavy atom. The molecule has 0 saturated carbocycles. The van der Waals surface area contributed by atoms with Crippen molar-refractivity contribution >= 4 is 23.4 Å². The molecule has 8 heteroatoms. The van der Waals surface area contributed by atoms with Crippen LogP contribution in [0.5, 0.6) is 0 Å². The number of carbonyl (C=O) groups excluding carboxylic acids is 2. The highest BCUT2D eigenvalue weighted by molar-refractivity contribution is 6.30. The van der Waals surface area contributed by atoms with E-state index in [0.717, 1.165) is 17.4 Å². The molecule has 1 fully saturated rings. The lowest BCUT2D eigenvalue weighted by Crippen LogP contribution is -2.56. The zero-order valence-corrected chi connectivity index (χ0v) is 19.0. The summed E-state index contributed by atoms with van der Waals surface area (Å²) in [4.78, 5) is 28.1. The quantitative estimate of drug-likeness (QED) is 0.463. The van der Waals surface area contributed by atoms with Crippen molar-refractivity contribution in [2.45, 2.75) is 64.7 Å². The molecule has 2 rings (SSSR count). The van der Waals surface area contributed by atoms with Crippen molar-refractivity contribution in [3.05, 3.63) is 47.5 Å². The van der Waals surface area contributed by atoms with Crippen molar-refractivity contribution in [3.8, 4) is 0 Å². The molecule has 0 spiro atoms. The van der Waals surface area contributed by atoms with Gasteiger partial charge in [-0.15, -0.1) is 6.58 Å². The summed E-state index contributed by atoms with van der Waals surface area (Å²) in [5.41, 5.74) is 0.199. The van der Waals surface area contributed by atoms with E-state index in [-0.39, 0.29) is 18.5 Å². The van der Waals surface area contributed by atoms with Crippen LogP contribution in [-0.4, -0.2) is 46.9 Å². The summed E-state index contributed by atoms with van der Waals surface area (Å²) in [6.07, 6.45) is -0.620. The lowest BCUT2D eigenvalue weighted by molar-refractivity contribution is -0.165. The molecule has 1 aromatic rings. The van der Waals surface area contributed by atoms with Crippen LogP contribution in [0.3, 0.4) is 0 Å². The van der Waals surface area contributed by atoms with Crippen LogP contribution in [0, 0.1) is 5.41 Å². The maximum absolute atomic E-state index is 13.7. The predicted molar refractivity (Wildman–Crippen MR) is 116 cm³/mol. The lowest BCUT2D eigenvalue weighted by Gasteiger charge is -2.49. The third kappa shape index (κ3) is 6.25. The van der Waals surface area contributed by atoms with Crippen LogP contribution in [-0.2, 0) is 9.59 Å². The van der Waals surface area contributed by atoms with Crippen molar-refractivity contribution in [1.29, 1.82) is 0 Å². The van der Waals surface area contributed by atoms with Gasteiger partial charge in [-0.2, -0.15) is 13.2 Å². The molecule has 0 aliphatic carbocycles. The number of allylic oxidation sites excluding steroid dienone is 1. The molecule has 2 amide bonds. The number of benzene rings is 1. The zero-order valence-electron chi connectivity index (χ0n) is 18.2. The smallest absolute Gasteiger partial charge is 0.332 e. The summed E-state index contributed by atoms with van der Waals surface area (Å²) in [6.45, 7) is 7.06. The second kappa shape index (κ2) is 10.1. The van der Waals surface area contributed by atoms with Gasteiger partial charge in [0.15, 0.2) is 0 Å². The van der Waals surface area contributed by atoms with E-state index >= 15 is 0 Å². The van der Waals surface area contributed by atoms with Crippen LogP contribution in [0.25, 0.3) is 0 Å². The molecule has 0 aromatic heterocycles. The van der Waals surface area contributed by atoms with Gasteiger partial charge < -0.3 is 9.80 Å². The van der Waals surface area contributed by atoms with E-state index < -0.39 is 30.1 Å². The molecule has 172 valence electrons. The van der Waals surface area contributed by atoms with Crippen LogP contribution < -0.4 is 0 Å². The number of carbonyl (C=O) groups is 2. The first-order valence-electron chi connectivity index (χ1n) is 10.4. The zero-order chi connectivity index (χ0) is 23.4. The number of nitrogens with zero attached hydrogens (tertiary/aromatic N) is 2. The standard InChI is InChI=1S/C23H30ClF3N2O2/c1-5-12-22(4)13-11-20(17-7-9-18(24)10-8-17)29(21(22)31)19(6-2)14-28(16(3)30)15-23(25,26)27/h5,7-10,19-20H,1,6,11-15H2,2-4H3. The first kappa shape index (κ1) is 25.2. The molecule has 3 unspecified atom stereocenters. The van der Waals surface area contributed by atoms with E-state index in [4.69, 9.17) is 11.6 Å². The Morgan fingerprint density at radius 3 is 2.48 bits per heavy atom. The van der Waals surface area contributed by atoms with E-state index in [1.54, 1.807) is 23.1 Å². The molecule has 31 heavy (non-hydrogen) atoms. The van der Waals surface area contributed by atoms with Crippen molar-refractivity contribution in [2.24, 2.45) is 5.41 Å². The molecule has 0 bridgehead atoms. The summed E-state index contributed by atoms with van der Waals surface area (Å²) in [5, 5.41) is 0.564. The summed E-state index contributed by atoms with van der Waals surface area (Å²) >= 11 is 6.01. The summed E-state index contributed by atoms with van der Waals surface area (Å²) in [7, 11) is 0. The third-order valence-corrected chi connectivity index (χ3v) is 6.27. The van der Waals surface area contributed by atoms with Gasteiger partial charge >= 0.3 is 6.18 Å². The van der Waals surface area contributed by atoms with E-state index in [1.165, 1.54) is 0 Å². The molecule has 1 aromatic carbocycles. The maximum atomic E-state index is 13.7. The third-order valence-electron chi connectivity index (χ3n) is 6.02. The number of alkyl halides is 3. The van der Waals surface area contributed by atoms with Crippen molar-refractivity contribution in [1.82, 2.24) is 9.80 Å². The number of piperidine rings is 1. The van der Waals surface area contributed by atoms with Gasteiger partial charge in [0, 0.05) is 24.5 Å². The van der Waals surface area contributed by atoms with Crippen LogP contribution in [0.4, 0.5) is 13.2 Å². The first-order valence-corrected chi connectivity index (χ1v) is 10.8. The fraction of sp³-hybridized carbons (Fsp3) is 0.565. The number of likely N-dealkylation sites (tertiary alicyclic amines) is 1. The molecule has 1 saturated heterocycles. The largest absolute Gasteiger partial charge is 0.406 e. The Hall–Kier alpha value is -2.02. The SMILES string of the molecule is C=CCC1(C)CCC(c2ccc(Cl)cc2)N(C(CC)CN(CC(F)(F)F)C(C)=O)C1=O. The number of hydrogen-bond acceptors (Lipinski definition) is 2. The van der Waals surface area contributed by atoms with Gasteiger partial charge in [-0.25, -0.2) is 0 Å². The van der Waals surface area contributed by atoms with Crippen LogP contribution in [0.1, 0.15) is 58.1 Å². The Labute approximate surface area is 187 Å². The van der Waals surface area contributed by atoms with Gasteiger partial charge in [0.1, 0.15) is 6.54 Å². The molecule has 0 radical (unpaired) electrons. The number of hydrogen-bond donors (Lipinski definition) is 0. The van der Waals surface area contributed by atoms with E-state index in [1.807, 2.05) is 26.0 Å². The Kier molecular flexibility index (Phi) is 8.20. The topological polar surface area (TPSA) is 40.6 Å². The molecule has 1 aliphatic heterocycles. The van der Waals surface area contributed by atoms with Gasteiger partial charge in [0.25, 0.3) is 0 Å². The Morgan fingerprint density at radius 1 is 1.39 bits per heavy atom. The fourth-order valence-corrected chi connectivity index (χ4v) is 4.41. The first-order chi connectivity index (χ1) is 14.4. The van der Waals surface area contributed by atoms with Crippen molar-refractivity contribution in [3.63, 3.8) is 0 Å². The summed E-state index contributed by atoms with van der Waals surface area (Å²) in [6, 6.07) is 6.31. The van der Waals surface area contributed by atoms with Gasteiger partial charge in [-0.05, 0) is 43.4 Å². The molecular formula is C23H30ClF3N2O2. The van der Waals surface area contributed by atoms with E-state index in [2.05, 4.69) is 6.58 Å². The van der Waals surface area contributed by atoms with Gasteiger partial charge in [-0.3, -0.25) is 9.59 Å². The van der Waals surface area contributed by atoms with Crippen molar-refractivity contribution < 1.29 is 22.8 Å². The Balaban J connectivity index is 2.44. The second-order valence-corrected chi connectivity index (χ2v) is 8.89. The predicted octanol–water partition coefficient (Wildman–Crippen LogP) is 5.78. The molecule has 0 N–H and O–H groups in total. The average Bonchev–Trinajstić information content (AvgIpc) is 2.68. The minimum atomic E-state index is -4.51. The Bertz CT molecular complexity index is 797. The molecular weight excluding hydrogens is 429 g/mol. The molecule has 4 nitrogen and oxygen atoms in total. The minimum Gasteiger partial charge on any atom is -0.332 e. The van der Waals surface area contributed by atoms with Crippen LogP contribution in [0.2, 0.25) is 5.02 Å². The highest BCUT2D eigenvalue weighted by atomic mass is 35.5. The van der Waals surface area contributed by atoms with Gasteiger partial charge in [-0.1, -0.05) is 43.7 Å². The summed E-state index contributed by atoms with van der Waals surface area (Å²) < 4.78 is 39.1. The molecule has 3 atom stereocenters. The monoisotopic (exact) mass is 458 g/mol. The normalized spacial score (nSPS) is 22.9. The van der Waals surface area contributed by atoms with Gasteiger partial charge in [0.05, 0.1) is 11.5 Å². The lowest BCUT2D eigenvalue weighted by atomic mass is 9.74. The molecule has 1 heterocycles. The van der Waals surface area contributed by atoms with Gasteiger partial charge in [0.2, 0.25) is 11.8 Å². The van der Waals surface area contributed by atoms with E-state index in [9.17, 15) is 22.8 Å². The highest BCUT2D eigenvalue weighted by Gasteiger charge is 2.46. The summed E-state index contributed by atoms with van der Waals surface area (Å²) in [5.74, 6) is -0.793. The van der Waals surface area contributed by atoms with Crippen LogP contribution in [0.15, 0.2) is 36.9 Å². The van der Waals surface area contributed by atoms with Crippen molar-refractivity contribution in [2.75, 3.05) is 13.1 Å². The maximum Gasteiger partial charge on any atom is 0.406 e. The average molecular weight is 459 g/mol. The van der Waals surface area contributed by atoms with Crippen LogP contribution >= 0.6 is 11.6 Å². The minimum absolute atomic E-state index is 0.124. The number of halogens is 4. The van der Waals surface area contributed by atoms with E-state index in [0.29, 0.717) is 30.7 Å². The highest BCUT2D eigenvalue weighted by Crippen LogP contribution is 2.44. The molecule has 1 aliphatic rings.